The molecule has 1 aliphatic heterocycles. The van der Waals surface area contributed by atoms with Crippen LogP contribution in [-0.4, -0.2) is 24.8 Å². The number of nitrogens with zero attached hydrogens (tertiary/aromatic N) is 2. The van der Waals surface area contributed by atoms with Gasteiger partial charge in [0.25, 0.3) is 0 Å². The topological polar surface area (TPSA) is 41.6 Å². The summed E-state index contributed by atoms with van der Waals surface area (Å²) in [4.78, 5) is 6.68. The van der Waals surface area contributed by atoms with Crippen LogP contribution in [0, 0.1) is 5.92 Å². The molecule has 1 heterocycles. The van der Waals surface area contributed by atoms with Gasteiger partial charge < -0.3 is 10.6 Å². The Balaban J connectivity index is 2.37. The van der Waals surface area contributed by atoms with Crippen LogP contribution in [0.4, 0.5) is 11.4 Å². The van der Waals surface area contributed by atoms with Crippen LogP contribution in [0.2, 0.25) is 5.02 Å². The lowest BCUT2D eigenvalue weighted by atomic mass is 9.99. The van der Waals surface area contributed by atoms with Crippen molar-refractivity contribution in [1.82, 2.24) is 0 Å². The summed E-state index contributed by atoms with van der Waals surface area (Å²) in [5.74, 6) is 1.31. The lowest BCUT2D eigenvalue weighted by Crippen LogP contribution is -2.34. The number of amidine groups is 1. The molecule has 1 fully saturated rings. The molecule has 0 radical (unpaired) electrons. The molecule has 1 atom stereocenters. The zero-order valence-corrected chi connectivity index (χ0v) is 12.6. The highest BCUT2D eigenvalue weighted by Gasteiger charge is 2.21. The van der Waals surface area contributed by atoms with Crippen molar-refractivity contribution in [1.29, 1.82) is 0 Å². The number of piperidine rings is 1. The number of rotatable bonds is 3. The van der Waals surface area contributed by atoms with Crippen molar-refractivity contribution in [3.8, 4) is 0 Å². The van der Waals surface area contributed by atoms with Crippen molar-refractivity contribution in [2.24, 2.45) is 16.6 Å². The van der Waals surface area contributed by atoms with Gasteiger partial charge in [-0.05, 0) is 30.9 Å². The van der Waals surface area contributed by atoms with Gasteiger partial charge in [0, 0.05) is 13.1 Å². The van der Waals surface area contributed by atoms with Gasteiger partial charge in [-0.1, -0.05) is 24.6 Å². The molecule has 3 nitrogen and oxygen atoms in total. The van der Waals surface area contributed by atoms with Crippen LogP contribution in [0.3, 0.4) is 0 Å². The van der Waals surface area contributed by atoms with Crippen LogP contribution in [0.25, 0.3) is 0 Å². The number of hydrogen-bond acceptors (Lipinski definition) is 2. The Bertz CT molecular complexity index is 474. The minimum Gasteiger partial charge on any atom is -0.386 e. The van der Waals surface area contributed by atoms with Gasteiger partial charge in [-0.15, -0.1) is 11.6 Å². The van der Waals surface area contributed by atoms with Crippen molar-refractivity contribution >= 4 is 40.4 Å². The summed E-state index contributed by atoms with van der Waals surface area (Å²) in [6.07, 6.45) is 2.45. The molecule has 0 aliphatic carbocycles. The lowest BCUT2D eigenvalue weighted by molar-refractivity contribution is 0.447. The van der Waals surface area contributed by atoms with Crippen LogP contribution in [0.1, 0.15) is 19.8 Å². The van der Waals surface area contributed by atoms with E-state index >= 15 is 0 Å². The smallest absolute Gasteiger partial charge is 0.115 e. The molecular weight excluding hydrogens is 281 g/mol. The molecule has 19 heavy (non-hydrogen) atoms. The fourth-order valence-corrected chi connectivity index (χ4v) is 2.83. The van der Waals surface area contributed by atoms with Gasteiger partial charge in [0.15, 0.2) is 0 Å². The van der Waals surface area contributed by atoms with Crippen molar-refractivity contribution in [3.05, 3.63) is 23.2 Å². The maximum atomic E-state index is 6.35. The Morgan fingerprint density at radius 3 is 3.00 bits per heavy atom. The summed E-state index contributed by atoms with van der Waals surface area (Å²) in [6, 6.07) is 5.71. The van der Waals surface area contributed by atoms with Crippen LogP contribution < -0.4 is 10.6 Å². The quantitative estimate of drug-likeness (QED) is 0.524. The van der Waals surface area contributed by atoms with Gasteiger partial charge in [0.05, 0.1) is 22.3 Å². The van der Waals surface area contributed by atoms with Gasteiger partial charge in [0.2, 0.25) is 0 Å². The molecule has 2 rings (SSSR count). The monoisotopic (exact) mass is 299 g/mol. The first-order valence-corrected chi connectivity index (χ1v) is 7.45. The Labute approximate surface area is 124 Å². The first-order valence-electron chi connectivity index (χ1n) is 6.54. The second-order valence-electron chi connectivity index (χ2n) is 5.04. The van der Waals surface area contributed by atoms with E-state index in [4.69, 9.17) is 28.9 Å². The summed E-state index contributed by atoms with van der Waals surface area (Å²) in [7, 11) is 0. The predicted octanol–water partition coefficient (Wildman–Crippen LogP) is 3.80. The number of benzene rings is 1. The fraction of sp³-hybridized carbons (Fsp3) is 0.500. The lowest BCUT2D eigenvalue weighted by Gasteiger charge is -2.34. The van der Waals surface area contributed by atoms with E-state index < -0.39 is 0 Å². The van der Waals surface area contributed by atoms with E-state index in [9.17, 15) is 0 Å². The van der Waals surface area contributed by atoms with E-state index in [0.29, 0.717) is 11.8 Å². The maximum absolute atomic E-state index is 6.35. The molecule has 0 aromatic heterocycles. The van der Waals surface area contributed by atoms with Crippen LogP contribution in [0.5, 0.6) is 0 Å². The van der Waals surface area contributed by atoms with Gasteiger partial charge >= 0.3 is 0 Å². The molecule has 104 valence electrons. The van der Waals surface area contributed by atoms with Crippen LogP contribution >= 0.6 is 23.2 Å². The Morgan fingerprint density at radius 2 is 2.32 bits per heavy atom. The fourth-order valence-electron chi connectivity index (χ4n) is 2.48. The maximum Gasteiger partial charge on any atom is 0.115 e. The summed E-state index contributed by atoms with van der Waals surface area (Å²) in [6.45, 7) is 4.28. The number of nitrogens with two attached hydrogens (primary N) is 1. The van der Waals surface area contributed by atoms with Crippen LogP contribution in [-0.2, 0) is 0 Å². The molecule has 5 heteroatoms. The second kappa shape index (κ2) is 6.49. The third kappa shape index (κ3) is 3.54. The minimum absolute atomic E-state index is 0.225. The standard InChI is InChI=1S/C14H19Cl2N3/c1-10-4-3-7-19(9-10)14-11(16)5-2-6-12(14)18-13(17)8-15/h2,5-6,10H,3-4,7-9H2,1H3,(H2,17,18). The van der Waals surface area contributed by atoms with Gasteiger partial charge in [-0.25, -0.2) is 4.99 Å². The van der Waals surface area contributed by atoms with E-state index in [-0.39, 0.29) is 5.88 Å². The summed E-state index contributed by atoms with van der Waals surface area (Å²) < 4.78 is 0. The highest BCUT2D eigenvalue weighted by molar-refractivity contribution is 6.34. The van der Waals surface area contributed by atoms with E-state index in [1.54, 1.807) is 0 Å². The van der Waals surface area contributed by atoms with E-state index in [0.717, 1.165) is 29.5 Å². The Hall–Kier alpha value is -0.930. The summed E-state index contributed by atoms with van der Waals surface area (Å²) in [5.41, 5.74) is 7.52. The largest absolute Gasteiger partial charge is 0.386 e. The molecule has 1 aromatic carbocycles. The van der Waals surface area contributed by atoms with E-state index in [1.807, 2.05) is 18.2 Å². The predicted molar refractivity (Wildman–Crippen MR) is 84.1 cm³/mol. The van der Waals surface area contributed by atoms with Crippen molar-refractivity contribution < 1.29 is 0 Å². The van der Waals surface area contributed by atoms with Gasteiger partial charge in [0.1, 0.15) is 5.84 Å². The normalized spacial score (nSPS) is 20.7. The van der Waals surface area contributed by atoms with Gasteiger partial charge in [-0.3, -0.25) is 0 Å². The van der Waals surface area contributed by atoms with Gasteiger partial charge in [-0.2, -0.15) is 0 Å². The number of para-hydroxylation sites is 1. The number of alkyl halides is 1. The number of anilines is 1. The average Bonchev–Trinajstić information content (AvgIpc) is 2.38. The molecule has 1 aliphatic rings. The molecule has 1 unspecified atom stereocenters. The van der Waals surface area contributed by atoms with E-state index in [1.165, 1.54) is 12.8 Å². The third-order valence-corrected chi connectivity index (χ3v) is 3.92. The Kier molecular flexibility index (Phi) is 4.94. The summed E-state index contributed by atoms with van der Waals surface area (Å²) >= 11 is 12.1. The molecule has 1 aromatic rings. The number of halogens is 2. The zero-order valence-electron chi connectivity index (χ0n) is 11.1. The third-order valence-electron chi connectivity index (χ3n) is 3.34. The second-order valence-corrected chi connectivity index (χ2v) is 5.71. The molecule has 0 bridgehead atoms. The molecule has 0 spiro atoms. The zero-order chi connectivity index (χ0) is 13.8. The molecule has 2 N–H and O–H groups in total. The summed E-state index contributed by atoms with van der Waals surface area (Å²) in [5, 5.41) is 0.720. The van der Waals surface area contributed by atoms with E-state index in [2.05, 4.69) is 16.8 Å². The molecule has 0 amide bonds. The molecular formula is C14H19Cl2N3. The molecule has 0 saturated carbocycles. The first kappa shape index (κ1) is 14.5. The minimum atomic E-state index is 0.225. The number of aliphatic imine (C=N–C) groups is 1. The molecule has 1 saturated heterocycles. The SMILES string of the molecule is CC1CCCN(c2c(Cl)cccc2N=C(N)CCl)C1. The first-order chi connectivity index (χ1) is 9.11. The average molecular weight is 300 g/mol. The van der Waals surface area contributed by atoms with Crippen molar-refractivity contribution in [2.75, 3.05) is 23.9 Å². The Morgan fingerprint density at radius 1 is 1.53 bits per heavy atom. The van der Waals surface area contributed by atoms with Crippen LogP contribution in [0.15, 0.2) is 23.2 Å². The van der Waals surface area contributed by atoms with Crippen molar-refractivity contribution in [2.45, 2.75) is 19.8 Å². The van der Waals surface area contributed by atoms with Crippen molar-refractivity contribution in [3.63, 3.8) is 0 Å². The highest BCUT2D eigenvalue weighted by atomic mass is 35.5. The highest BCUT2D eigenvalue weighted by Crippen LogP contribution is 2.38. The number of hydrogen-bond donors (Lipinski definition) is 1.